The number of nitrogens with zero attached hydrogens (tertiary/aromatic N) is 2. The summed E-state index contributed by atoms with van der Waals surface area (Å²) in [6.45, 7) is 4.84. The molecule has 5 heteroatoms. The molecule has 1 saturated heterocycles. The molecule has 1 aliphatic rings. The van der Waals surface area contributed by atoms with E-state index in [4.69, 9.17) is 0 Å². The van der Waals surface area contributed by atoms with E-state index in [1.165, 1.54) is 12.8 Å². The second-order valence-corrected chi connectivity index (χ2v) is 3.77. The molecule has 0 aromatic heterocycles. The van der Waals surface area contributed by atoms with Crippen LogP contribution in [0.3, 0.4) is 0 Å². The molecule has 0 atom stereocenters. The molecule has 0 bridgehead atoms. The van der Waals surface area contributed by atoms with Gasteiger partial charge in [0.05, 0.1) is 4.92 Å². The number of rotatable bonds is 5. The molecule has 5 nitrogen and oxygen atoms in total. The van der Waals surface area contributed by atoms with E-state index in [9.17, 15) is 10.1 Å². The van der Waals surface area contributed by atoms with Crippen LogP contribution in [0.2, 0.25) is 0 Å². The largest absolute Gasteiger partial charge is 0.367 e. The number of nitrogens with one attached hydrogen (secondary N) is 1. The summed E-state index contributed by atoms with van der Waals surface area (Å²) >= 11 is 0. The molecule has 1 N–H and O–H groups in total. The molecule has 0 aromatic carbocycles. The van der Waals surface area contributed by atoms with Crippen molar-refractivity contribution in [2.45, 2.75) is 32.6 Å². The van der Waals surface area contributed by atoms with Gasteiger partial charge >= 0.3 is 0 Å². The molecule has 0 spiro atoms. The Morgan fingerprint density at radius 3 is 3.07 bits per heavy atom. The first-order valence-electron chi connectivity index (χ1n) is 5.58. The van der Waals surface area contributed by atoms with Crippen molar-refractivity contribution in [1.29, 1.82) is 0 Å². The molecule has 1 rings (SSSR count). The molecule has 0 amide bonds. The van der Waals surface area contributed by atoms with Crippen LogP contribution in [-0.4, -0.2) is 29.5 Å². The van der Waals surface area contributed by atoms with Crippen molar-refractivity contribution in [3.05, 3.63) is 22.1 Å². The number of unbranched alkanes of at least 4 members (excludes halogenated alkanes) is 2. The minimum atomic E-state index is -0.388. The van der Waals surface area contributed by atoms with Gasteiger partial charge in [-0.25, -0.2) is 0 Å². The van der Waals surface area contributed by atoms with Gasteiger partial charge in [0, 0.05) is 19.6 Å². The minimum absolute atomic E-state index is 0.388. The number of nitro groups is 1. The lowest BCUT2D eigenvalue weighted by Crippen LogP contribution is -2.40. The Bertz CT molecular complexity index is 241. The molecular formula is C10H19N3O2. The monoisotopic (exact) mass is 213 g/mol. The van der Waals surface area contributed by atoms with Crippen LogP contribution in [0.5, 0.6) is 0 Å². The molecule has 0 saturated carbocycles. The summed E-state index contributed by atoms with van der Waals surface area (Å²) in [7, 11) is 0. The predicted molar refractivity (Wildman–Crippen MR) is 58.8 cm³/mol. The first-order chi connectivity index (χ1) is 7.24. The fourth-order valence-corrected chi connectivity index (χ4v) is 1.73. The van der Waals surface area contributed by atoms with Crippen LogP contribution in [0, 0.1) is 10.1 Å². The fraction of sp³-hybridized carbons (Fsp3) is 0.800. The quantitative estimate of drug-likeness (QED) is 0.427. The van der Waals surface area contributed by atoms with Crippen LogP contribution in [0.15, 0.2) is 12.0 Å². The third-order valence-corrected chi connectivity index (χ3v) is 2.51. The van der Waals surface area contributed by atoms with E-state index < -0.39 is 0 Å². The van der Waals surface area contributed by atoms with Gasteiger partial charge in [-0.3, -0.25) is 10.1 Å². The summed E-state index contributed by atoms with van der Waals surface area (Å²) in [6.07, 6.45) is 5.59. The third kappa shape index (κ3) is 4.18. The van der Waals surface area contributed by atoms with Crippen LogP contribution in [0.1, 0.15) is 32.6 Å². The van der Waals surface area contributed by atoms with E-state index in [2.05, 4.69) is 17.1 Å². The third-order valence-electron chi connectivity index (χ3n) is 2.51. The van der Waals surface area contributed by atoms with Gasteiger partial charge in [0.25, 0.3) is 6.20 Å². The molecule has 0 aliphatic carbocycles. The van der Waals surface area contributed by atoms with Gasteiger partial charge in [-0.15, -0.1) is 0 Å². The molecule has 15 heavy (non-hydrogen) atoms. The summed E-state index contributed by atoms with van der Waals surface area (Å²) in [4.78, 5) is 12.1. The highest BCUT2D eigenvalue weighted by molar-refractivity contribution is 4.97. The minimum Gasteiger partial charge on any atom is -0.367 e. The second-order valence-electron chi connectivity index (χ2n) is 3.77. The average molecular weight is 213 g/mol. The normalized spacial score (nSPS) is 19.0. The van der Waals surface area contributed by atoms with Crippen molar-refractivity contribution in [1.82, 2.24) is 10.2 Å². The maximum atomic E-state index is 10.4. The van der Waals surface area contributed by atoms with Gasteiger partial charge in [-0.2, -0.15) is 0 Å². The zero-order valence-corrected chi connectivity index (χ0v) is 9.24. The van der Waals surface area contributed by atoms with Gasteiger partial charge in [-0.1, -0.05) is 19.8 Å². The zero-order chi connectivity index (χ0) is 11.1. The van der Waals surface area contributed by atoms with E-state index in [1.807, 2.05) is 0 Å². The first kappa shape index (κ1) is 11.8. The summed E-state index contributed by atoms with van der Waals surface area (Å²) < 4.78 is 0. The highest BCUT2D eigenvalue weighted by atomic mass is 16.6. The van der Waals surface area contributed by atoms with Crippen LogP contribution in [0.25, 0.3) is 0 Å². The van der Waals surface area contributed by atoms with Crippen molar-refractivity contribution < 1.29 is 4.92 Å². The van der Waals surface area contributed by atoms with Crippen LogP contribution in [-0.2, 0) is 0 Å². The highest BCUT2D eigenvalue weighted by Crippen LogP contribution is 2.09. The lowest BCUT2D eigenvalue weighted by molar-refractivity contribution is -0.404. The standard InChI is InChI=1S/C10H19N3O2/c1-2-3-4-7-12-8-5-6-11-10(12)9-13(14)15/h9,11H,2-8H2,1H3. The summed E-state index contributed by atoms with van der Waals surface area (Å²) in [5, 5.41) is 13.5. The fourth-order valence-electron chi connectivity index (χ4n) is 1.73. The lowest BCUT2D eigenvalue weighted by Gasteiger charge is -2.30. The van der Waals surface area contributed by atoms with Gasteiger partial charge in [0.15, 0.2) is 5.82 Å². The summed E-state index contributed by atoms with van der Waals surface area (Å²) in [5.74, 6) is 0.669. The summed E-state index contributed by atoms with van der Waals surface area (Å²) in [5.41, 5.74) is 0. The number of hydrogen-bond donors (Lipinski definition) is 1. The average Bonchev–Trinajstić information content (AvgIpc) is 2.20. The van der Waals surface area contributed by atoms with Crippen molar-refractivity contribution in [3.8, 4) is 0 Å². The van der Waals surface area contributed by atoms with Crippen molar-refractivity contribution in [3.63, 3.8) is 0 Å². The second kappa shape index (κ2) is 6.27. The van der Waals surface area contributed by atoms with Crippen LogP contribution < -0.4 is 5.32 Å². The van der Waals surface area contributed by atoms with E-state index in [1.54, 1.807) is 0 Å². The van der Waals surface area contributed by atoms with Crippen molar-refractivity contribution in [2.24, 2.45) is 0 Å². The Labute approximate surface area is 90.3 Å². The van der Waals surface area contributed by atoms with E-state index in [0.29, 0.717) is 5.82 Å². The van der Waals surface area contributed by atoms with E-state index >= 15 is 0 Å². The Morgan fingerprint density at radius 2 is 2.40 bits per heavy atom. The molecule has 1 heterocycles. The summed E-state index contributed by atoms with van der Waals surface area (Å²) in [6, 6.07) is 0. The Kier molecular flexibility index (Phi) is 4.93. The van der Waals surface area contributed by atoms with E-state index in [0.717, 1.165) is 38.7 Å². The van der Waals surface area contributed by atoms with Gasteiger partial charge in [0.2, 0.25) is 0 Å². The number of hydrogen-bond acceptors (Lipinski definition) is 4. The molecule has 1 fully saturated rings. The molecule has 0 radical (unpaired) electrons. The van der Waals surface area contributed by atoms with Gasteiger partial charge in [0.1, 0.15) is 0 Å². The predicted octanol–water partition coefficient (Wildman–Crippen LogP) is 1.55. The molecule has 1 aliphatic heterocycles. The van der Waals surface area contributed by atoms with Crippen LogP contribution in [0.4, 0.5) is 0 Å². The Morgan fingerprint density at radius 1 is 1.60 bits per heavy atom. The Hall–Kier alpha value is -1.26. The zero-order valence-electron chi connectivity index (χ0n) is 9.24. The smallest absolute Gasteiger partial charge is 0.274 e. The van der Waals surface area contributed by atoms with Crippen LogP contribution >= 0.6 is 0 Å². The Balaban J connectivity index is 2.46. The topological polar surface area (TPSA) is 58.4 Å². The maximum absolute atomic E-state index is 10.4. The highest BCUT2D eigenvalue weighted by Gasteiger charge is 2.16. The molecule has 0 aromatic rings. The van der Waals surface area contributed by atoms with Crippen molar-refractivity contribution >= 4 is 0 Å². The van der Waals surface area contributed by atoms with E-state index in [-0.39, 0.29) is 4.92 Å². The molecule has 86 valence electrons. The lowest BCUT2D eigenvalue weighted by atomic mass is 10.2. The van der Waals surface area contributed by atoms with Gasteiger partial charge < -0.3 is 10.2 Å². The van der Waals surface area contributed by atoms with Crippen molar-refractivity contribution in [2.75, 3.05) is 19.6 Å². The first-order valence-corrected chi connectivity index (χ1v) is 5.58. The SMILES string of the molecule is CCCCCN1CCCNC1=C[N+](=O)[O-]. The maximum Gasteiger partial charge on any atom is 0.274 e. The van der Waals surface area contributed by atoms with Gasteiger partial charge in [-0.05, 0) is 12.8 Å². The molecular weight excluding hydrogens is 194 g/mol. The molecule has 0 unspecified atom stereocenters.